The number of nitrogens with zero attached hydrogens (tertiary/aromatic N) is 4. The molecule has 0 saturated heterocycles. The van der Waals surface area contributed by atoms with E-state index in [0.717, 1.165) is 40.6 Å². The van der Waals surface area contributed by atoms with Gasteiger partial charge in [0.1, 0.15) is 16.9 Å². The molecule has 0 spiro atoms. The van der Waals surface area contributed by atoms with Crippen molar-refractivity contribution < 1.29 is 4.74 Å². The maximum absolute atomic E-state index is 5.47. The first kappa shape index (κ1) is 14.8. The van der Waals surface area contributed by atoms with Crippen LogP contribution in [0.15, 0.2) is 30.6 Å². The van der Waals surface area contributed by atoms with Gasteiger partial charge in [-0.05, 0) is 42.9 Å². The van der Waals surface area contributed by atoms with E-state index in [0.29, 0.717) is 5.82 Å². The summed E-state index contributed by atoms with van der Waals surface area (Å²) in [5.41, 5.74) is 3.23. The summed E-state index contributed by atoms with van der Waals surface area (Å²) < 4.78 is 7.27. The molecule has 0 radical (unpaired) electrons. The Morgan fingerprint density at radius 3 is 3.04 bits per heavy atom. The molecule has 5 nitrogen and oxygen atoms in total. The Labute approximate surface area is 149 Å². The molecule has 1 atom stereocenters. The van der Waals surface area contributed by atoms with Gasteiger partial charge in [-0.15, -0.1) is 16.4 Å². The lowest BCUT2D eigenvalue weighted by Gasteiger charge is -2.17. The number of hydrogen-bond donors (Lipinski definition) is 0. The highest BCUT2D eigenvalue weighted by molar-refractivity contribution is 7.19. The summed E-state index contributed by atoms with van der Waals surface area (Å²) in [6, 6.07) is 7.85. The number of benzene rings is 1. The standard InChI is InChI=1S/C19H18N4OS/c1-11-7-8-13-15(9-11)25-19-16(13)18-21-17(22-23(18)10-20-19)12-5-3-4-6-14(12)24-2/h3-6,10-11H,7-9H2,1-2H3/t11-/m0/s1. The smallest absolute Gasteiger partial charge is 0.185 e. The van der Waals surface area contributed by atoms with Crippen LogP contribution in [-0.2, 0) is 12.8 Å². The molecular weight excluding hydrogens is 332 g/mol. The minimum Gasteiger partial charge on any atom is -0.496 e. The van der Waals surface area contributed by atoms with E-state index in [2.05, 4.69) is 17.0 Å². The van der Waals surface area contributed by atoms with Gasteiger partial charge in [0.15, 0.2) is 11.5 Å². The van der Waals surface area contributed by atoms with E-state index in [1.165, 1.54) is 22.2 Å². The van der Waals surface area contributed by atoms with Gasteiger partial charge in [0.2, 0.25) is 0 Å². The molecule has 6 heteroatoms. The second kappa shape index (κ2) is 5.52. The number of rotatable bonds is 2. The summed E-state index contributed by atoms with van der Waals surface area (Å²) in [6.07, 6.45) is 5.26. The lowest BCUT2D eigenvalue weighted by molar-refractivity contribution is 0.416. The number of thiophene rings is 1. The highest BCUT2D eigenvalue weighted by Gasteiger charge is 2.24. The topological polar surface area (TPSA) is 52.3 Å². The molecule has 1 aliphatic carbocycles. The van der Waals surface area contributed by atoms with E-state index in [4.69, 9.17) is 9.72 Å². The van der Waals surface area contributed by atoms with Crippen LogP contribution in [0.2, 0.25) is 0 Å². The minimum absolute atomic E-state index is 0.677. The Bertz CT molecular complexity index is 1100. The number of hydrogen-bond acceptors (Lipinski definition) is 5. The van der Waals surface area contributed by atoms with Gasteiger partial charge in [0, 0.05) is 4.88 Å². The average Bonchev–Trinajstić information content (AvgIpc) is 3.21. The van der Waals surface area contributed by atoms with Crippen LogP contribution in [0.4, 0.5) is 0 Å². The zero-order valence-electron chi connectivity index (χ0n) is 14.2. The molecule has 0 saturated carbocycles. The van der Waals surface area contributed by atoms with Gasteiger partial charge < -0.3 is 4.74 Å². The Hall–Kier alpha value is -2.47. The lowest BCUT2D eigenvalue weighted by Crippen LogP contribution is -2.08. The first-order valence-electron chi connectivity index (χ1n) is 8.53. The third kappa shape index (κ3) is 2.24. The maximum atomic E-state index is 5.47. The fraction of sp³-hybridized carbons (Fsp3) is 0.316. The van der Waals surface area contributed by atoms with E-state index in [9.17, 15) is 0 Å². The third-order valence-electron chi connectivity index (χ3n) is 4.98. The Morgan fingerprint density at radius 2 is 2.16 bits per heavy atom. The first-order chi connectivity index (χ1) is 12.2. The first-order valence-corrected chi connectivity index (χ1v) is 9.35. The Balaban J connectivity index is 1.76. The van der Waals surface area contributed by atoms with Crippen molar-refractivity contribution in [1.29, 1.82) is 0 Å². The molecule has 3 aromatic heterocycles. The Morgan fingerprint density at radius 1 is 1.28 bits per heavy atom. The van der Waals surface area contributed by atoms with Crippen molar-refractivity contribution in [3.63, 3.8) is 0 Å². The average molecular weight is 350 g/mol. The molecular formula is C19H18N4OS. The lowest BCUT2D eigenvalue weighted by atomic mass is 9.89. The molecule has 5 rings (SSSR count). The molecule has 1 aromatic carbocycles. The zero-order valence-corrected chi connectivity index (χ0v) is 15.0. The second-order valence-corrected chi connectivity index (χ2v) is 7.76. The van der Waals surface area contributed by atoms with Crippen molar-refractivity contribution in [3.05, 3.63) is 41.0 Å². The molecule has 0 fully saturated rings. The monoisotopic (exact) mass is 350 g/mol. The Kier molecular flexibility index (Phi) is 3.28. The van der Waals surface area contributed by atoms with Gasteiger partial charge in [-0.1, -0.05) is 19.1 Å². The summed E-state index contributed by atoms with van der Waals surface area (Å²) in [4.78, 5) is 12.0. The normalized spacial score (nSPS) is 17.1. The van der Waals surface area contributed by atoms with Crippen LogP contribution in [0.1, 0.15) is 23.8 Å². The zero-order chi connectivity index (χ0) is 17.0. The van der Waals surface area contributed by atoms with Gasteiger partial charge in [-0.2, -0.15) is 0 Å². The van der Waals surface area contributed by atoms with Crippen molar-refractivity contribution >= 4 is 27.2 Å². The molecule has 0 N–H and O–H groups in total. The molecule has 1 aliphatic rings. The molecule has 3 heterocycles. The van der Waals surface area contributed by atoms with Gasteiger partial charge in [0.05, 0.1) is 18.1 Å². The molecule has 0 bridgehead atoms. The van der Waals surface area contributed by atoms with E-state index < -0.39 is 0 Å². The largest absolute Gasteiger partial charge is 0.496 e. The summed E-state index contributed by atoms with van der Waals surface area (Å²) in [6.45, 7) is 2.33. The quantitative estimate of drug-likeness (QED) is 0.545. The molecule has 0 aliphatic heterocycles. The summed E-state index contributed by atoms with van der Waals surface area (Å²) in [5.74, 6) is 2.21. The van der Waals surface area contributed by atoms with Gasteiger partial charge in [0.25, 0.3) is 0 Å². The second-order valence-electron chi connectivity index (χ2n) is 6.68. The number of aryl methyl sites for hydroxylation is 1. The van der Waals surface area contributed by atoms with E-state index in [1.54, 1.807) is 18.0 Å². The molecule has 0 amide bonds. The maximum Gasteiger partial charge on any atom is 0.185 e. The number of ether oxygens (including phenoxy) is 1. The molecule has 126 valence electrons. The van der Waals surface area contributed by atoms with Crippen LogP contribution < -0.4 is 4.74 Å². The van der Waals surface area contributed by atoms with Crippen LogP contribution in [0, 0.1) is 5.92 Å². The van der Waals surface area contributed by atoms with Gasteiger partial charge in [-0.25, -0.2) is 14.5 Å². The summed E-state index contributed by atoms with van der Waals surface area (Å²) in [7, 11) is 1.67. The van der Waals surface area contributed by atoms with Crippen LogP contribution >= 0.6 is 11.3 Å². The van der Waals surface area contributed by atoms with Crippen LogP contribution in [0.25, 0.3) is 27.3 Å². The van der Waals surface area contributed by atoms with Crippen molar-refractivity contribution in [1.82, 2.24) is 19.6 Å². The van der Waals surface area contributed by atoms with Crippen molar-refractivity contribution in [2.75, 3.05) is 7.11 Å². The molecule has 4 aromatic rings. The number of fused-ring (bicyclic) bond motifs is 5. The summed E-state index contributed by atoms with van der Waals surface area (Å²) >= 11 is 1.81. The van der Waals surface area contributed by atoms with E-state index in [1.807, 2.05) is 35.6 Å². The molecule has 25 heavy (non-hydrogen) atoms. The number of para-hydroxylation sites is 1. The highest BCUT2D eigenvalue weighted by atomic mass is 32.1. The highest BCUT2D eigenvalue weighted by Crippen LogP contribution is 2.39. The fourth-order valence-corrected chi connectivity index (χ4v) is 5.03. The van der Waals surface area contributed by atoms with Crippen LogP contribution in [-0.4, -0.2) is 26.7 Å². The van der Waals surface area contributed by atoms with Gasteiger partial charge >= 0.3 is 0 Å². The SMILES string of the molecule is COc1ccccc1-c1nc2c3c4c(sc3ncn2n1)C[C@@H](C)CC4. The van der Waals surface area contributed by atoms with Crippen molar-refractivity contribution in [2.45, 2.75) is 26.2 Å². The van der Waals surface area contributed by atoms with Gasteiger partial charge in [-0.3, -0.25) is 0 Å². The predicted octanol–water partition coefficient (Wildman–Crippen LogP) is 4.14. The third-order valence-corrected chi connectivity index (χ3v) is 6.14. The van der Waals surface area contributed by atoms with Crippen LogP contribution in [0.3, 0.4) is 0 Å². The fourth-order valence-electron chi connectivity index (χ4n) is 3.68. The number of methoxy groups -OCH3 is 1. The summed E-state index contributed by atoms with van der Waals surface area (Å²) in [5, 5.41) is 5.84. The van der Waals surface area contributed by atoms with Crippen molar-refractivity contribution in [3.8, 4) is 17.1 Å². The van der Waals surface area contributed by atoms with E-state index in [-0.39, 0.29) is 0 Å². The van der Waals surface area contributed by atoms with E-state index >= 15 is 0 Å². The van der Waals surface area contributed by atoms with Crippen molar-refractivity contribution in [2.24, 2.45) is 5.92 Å². The minimum atomic E-state index is 0.677. The predicted molar refractivity (Wildman–Crippen MR) is 99.3 cm³/mol. The van der Waals surface area contributed by atoms with Crippen LogP contribution in [0.5, 0.6) is 5.75 Å². The number of aromatic nitrogens is 4. The molecule has 0 unspecified atom stereocenters.